The van der Waals surface area contributed by atoms with Gasteiger partial charge >= 0.3 is 37.7 Å². The molecule has 0 aromatic rings. The van der Waals surface area contributed by atoms with Gasteiger partial charge in [0.1, 0.15) is 0 Å². The van der Waals surface area contributed by atoms with Crippen molar-refractivity contribution in [2.24, 2.45) is 0 Å². The molecule has 7 heavy (non-hydrogen) atoms. The third-order valence-electron chi connectivity index (χ3n) is 0. The molecule has 44 valence electrons. The number of carboxylic acid groups (broad SMARTS) is 1. The van der Waals surface area contributed by atoms with Crippen molar-refractivity contribution in [3.05, 3.63) is 0 Å². The molecule has 0 aromatic carbocycles. The first-order chi connectivity index (χ1) is 1.73. The van der Waals surface area contributed by atoms with Crippen LogP contribution in [-0.4, -0.2) is 54.3 Å². The van der Waals surface area contributed by atoms with Crippen molar-refractivity contribution >= 4 is 57.2 Å². The molecule has 0 radical (unpaired) electrons. The Balaban J connectivity index is -0.00000000450. The van der Waals surface area contributed by atoms with Crippen molar-refractivity contribution in [3.8, 4) is 0 Å². The van der Waals surface area contributed by atoms with Crippen LogP contribution in [0, 0.1) is 0 Å². The van der Waals surface area contributed by atoms with E-state index in [-0.39, 0.29) is 59.6 Å². The predicted molar refractivity (Wildman–Crippen MR) is 35.3 cm³/mol. The maximum atomic E-state index is 9.00. The fourth-order valence-corrected chi connectivity index (χ4v) is 0. The van der Waals surface area contributed by atoms with Crippen LogP contribution in [0.2, 0.25) is 0 Å². The molecule has 0 bridgehead atoms. The summed E-state index contributed by atoms with van der Waals surface area (Å²) in [6.07, 6.45) is 0. The van der Waals surface area contributed by atoms with Gasteiger partial charge in [0.2, 0.25) is 0 Å². The van der Waals surface area contributed by atoms with Gasteiger partial charge in [0.15, 0.2) is 0 Å². The summed E-state index contributed by atoms with van der Waals surface area (Å²) in [5.74, 6) is -0.833. The Bertz CT molecular complexity index is 42.8. The molecule has 0 aliphatic rings. The second-order valence-corrected chi connectivity index (χ2v) is 0.519. The largest absolute Gasteiger partial charge is 2.00 e. The van der Waals surface area contributed by atoms with Crippen molar-refractivity contribution < 1.29 is 18.2 Å². The molecule has 0 amide bonds. The Kier molecular flexibility index (Phi) is 54.9. The van der Waals surface area contributed by atoms with Crippen LogP contribution in [0.3, 0.4) is 0 Å². The zero-order chi connectivity index (χ0) is 3.58. The molecule has 0 rings (SSSR count). The van der Waals surface area contributed by atoms with Gasteiger partial charge in [0.05, 0.1) is 0 Å². The number of carbonyl (C=O) groups is 1. The van der Waals surface area contributed by atoms with E-state index in [1.165, 1.54) is 0 Å². The molecule has 5 heteroatoms. The van der Waals surface area contributed by atoms with E-state index in [0.717, 1.165) is 6.92 Å². The van der Waals surface area contributed by atoms with Gasteiger partial charge in [-0.25, -0.2) is 0 Å². The van der Waals surface area contributed by atoms with Crippen LogP contribution in [0.15, 0.2) is 0 Å². The minimum absolute atomic E-state index is 0. The van der Waals surface area contributed by atoms with E-state index < -0.39 is 5.97 Å². The molecule has 0 saturated heterocycles. The molecule has 0 fully saturated rings. The number of aliphatic carboxylic acids is 1. The summed E-state index contributed by atoms with van der Waals surface area (Å²) in [6, 6.07) is 0. The van der Waals surface area contributed by atoms with Crippen molar-refractivity contribution in [2.45, 2.75) is 6.92 Å². The van der Waals surface area contributed by atoms with E-state index in [4.69, 9.17) is 9.90 Å². The van der Waals surface area contributed by atoms with Gasteiger partial charge in [-0.3, -0.25) is 4.79 Å². The molecule has 3 nitrogen and oxygen atoms in total. The van der Waals surface area contributed by atoms with Crippen LogP contribution < -0.4 is 0 Å². The molecule has 0 heterocycles. The van der Waals surface area contributed by atoms with Gasteiger partial charge in [0, 0.05) is 6.92 Å². The van der Waals surface area contributed by atoms with Gasteiger partial charge in [-0.05, 0) is 0 Å². The van der Waals surface area contributed by atoms with Crippen LogP contribution in [0.5, 0.6) is 0 Å². The van der Waals surface area contributed by atoms with Gasteiger partial charge in [-0.2, -0.15) is 13.5 Å². The first kappa shape index (κ1) is 24.4. The van der Waals surface area contributed by atoms with Gasteiger partial charge in [0.25, 0.3) is 5.97 Å². The summed E-state index contributed by atoms with van der Waals surface area (Å²) >= 11 is 0. The first-order valence-corrected chi connectivity index (χ1v) is 0.928. The molecular formula is C2H10CaO3S. The summed E-state index contributed by atoms with van der Waals surface area (Å²) in [5.41, 5.74) is 0. The van der Waals surface area contributed by atoms with E-state index in [9.17, 15) is 0 Å². The van der Waals surface area contributed by atoms with Crippen molar-refractivity contribution in [1.82, 2.24) is 0 Å². The Hall–Kier alpha value is 1.04. The second kappa shape index (κ2) is 15.7. The second-order valence-electron chi connectivity index (χ2n) is 0.519. The Morgan fingerprint density at radius 1 is 1.71 bits per heavy atom. The van der Waals surface area contributed by atoms with Crippen LogP contribution in [0.25, 0.3) is 0 Å². The predicted octanol–water partition coefficient (Wildman–Crippen LogP) is -0.777. The first-order valence-electron chi connectivity index (χ1n) is 0.928. The van der Waals surface area contributed by atoms with E-state index in [2.05, 4.69) is 0 Å². The molecule has 0 saturated carbocycles. The minimum Gasteiger partial charge on any atom is -1.00 e. The van der Waals surface area contributed by atoms with Crippen LogP contribution in [0.1, 0.15) is 9.78 Å². The zero-order valence-electron chi connectivity index (χ0n) is 6.06. The van der Waals surface area contributed by atoms with Gasteiger partial charge in [-0.1, -0.05) is 0 Å². The fourth-order valence-electron chi connectivity index (χ4n) is 0. The smallest absolute Gasteiger partial charge is 1.00 e. The molecule has 0 aliphatic heterocycles. The quantitative estimate of drug-likeness (QED) is 0.465. The molecule has 3 N–H and O–H groups in total. The van der Waals surface area contributed by atoms with E-state index in [1.54, 1.807) is 0 Å². The maximum Gasteiger partial charge on any atom is 2.00 e. The Morgan fingerprint density at radius 2 is 1.71 bits per heavy atom. The van der Waals surface area contributed by atoms with E-state index >= 15 is 0 Å². The van der Waals surface area contributed by atoms with Crippen molar-refractivity contribution in [1.29, 1.82) is 0 Å². The topological polar surface area (TPSA) is 68.8 Å². The Labute approximate surface area is 81.8 Å². The maximum absolute atomic E-state index is 9.00. The zero-order valence-corrected chi connectivity index (χ0v) is 7.27. The normalized spacial score (nSPS) is 3.57. The third kappa shape index (κ3) is 165. The minimum atomic E-state index is -0.833. The average molecular weight is 154 g/mol. The van der Waals surface area contributed by atoms with Crippen molar-refractivity contribution in [2.75, 3.05) is 0 Å². The van der Waals surface area contributed by atoms with Crippen LogP contribution in [0.4, 0.5) is 0 Å². The SMILES string of the molecule is CC(=O)O.O.S.[Ca+2].[H-].[H-]. The van der Waals surface area contributed by atoms with E-state index in [0.29, 0.717) is 0 Å². The molecule has 0 aliphatic carbocycles. The van der Waals surface area contributed by atoms with Gasteiger partial charge in [-0.15, -0.1) is 0 Å². The van der Waals surface area contributed by atoms with Crippen LogP contribution >= 0.6 is 13.5 Å². The summed E-state index contributed by atoms with van der Waals surface area (Å²) < 4.78 is 0. The summed E-state index contributed by atoms with van der Waals surface area (Å²) in [7, 11) is 0. The molecule has 0 aromatic heterocycles. The summed E-state index contributed by atoms with van der Waals surface area (Å²) in [4.78, 5) is 9.00. The van der Waals surface area contributed by atoms with Crippen LogP contribution in [-0.2, 0) is 4.79 Å². The summed E-state index contributed by atoms with van der Waals surface area (Å²) in [6.45, 7) is 1.08. The average Bonchev–Trinajstić information content (AvgIpc) is 0.811. The number of carboxylic acids is 1. The van der Waals surface area contributed by atoms with Gasteiger partial charge < -0.3 is 13.4 Å². The summed E-state index contributed by atoms with van der Waals surface area (Å²) in [5, 5.41) is 7.42. The van der Waals surface area contributed by atoms with Crippen molar-refractivity contribution in [3.63, 3.8) is 0 Å². The molecule has 0 spiro atoms. The fraction of sp³-hybridized carbons (Fsp3) is 0.500. The molecular weight excluding hydrogens is 144 g/mol. The monoisotopic (exact) mass is 154 g/mol. The number of rotatable bonds is 0. The van der Waals surface area contributed by atoms with E-state index in [1.807, 2.05) is 0 Å². The standard InChI is InChI=1S/C2H4O2.Ca.H2O.H2S.2H/c1-2(3)4;;;;;/h1H3,(H,3,4);;2*1H2;;/q;+2;;;2*-1. The Morgan fingerprint density at radius 3 is 1.71 bits per heavy atom. The third-order valence-corrected chi connectivity index (χ3v) is 0. The number of hydrogen-bond donors (Lipinski definition) is 1. The number of hydrogen-bond acceptors (Lipinski definition) is 1. The molecule has 0 unspecified atom stereocenters. The molecule has 0 atom stereocenters.